The van der Waals surface area contributed by atoms with Crippen LogP contribution in [0.3, 0.4) is 0 Å². The Morgan fingerprint density at radius 1 is 1.23 bits per heavy atom. The molecule has 1 N–H and O–H groups in total. The number of imidazole rings is 1. The van der Waals surface area contributed by atoms with Crippen molar-refractivity contribution >= 4 is 17.3 Å². The Morgan fingerprint density at radius 3 is 2.69 bits per heavy atom. The van der Waals surface area contributed by atoms with Crippen LogP contribution in [-0.2, 0) is 4.74 Å². The number of alkyl carbamates (subject to hydrolysis) is 1. The van der Waals surface area contributed by atoms with Gasteiger partial charge in [0.1, 0.15) is 16.9 Å². The summed E-state index contributed by atoms with van der Waals surface area (Å²) in [6.07, 6.45) is 1.27. The minimum Gasteiger partial charge on any atom is -0.444 e. The quantitative estimate of drug-likeness (QED) is 0.762. The lowest BCUT2D eigenvalue weighted by Gasteiger charge is -2.22. The summed E-state index contributed by atoms with van der Waals surface area (Å²) in [6, 6.07) is 11.5. The first-order chi connectivity index (χ1) is 12.2. The zero-order chi connectivity index (χ0) is 18.9. The fraction of sp³-hybridized carbons (Fsp3) is 0.350. The Morgan fingerprint density at radius 2 is 2.00 bits per heavy atom. The van der Waals surface area contributed by atoms with Gasteiger partial charge < -0.3 is 10.1 Å². The zero-order valence-corrected chi connectivity index (χ0v) is 15.8. The number of benzene rings is 1. The third-order valence-electron chi connectivity index (χ3n) is 3.82. The summed E-state index contributed by atoms with van der Waals surface area (Å²) >= 11 is 0. The molecule has 0 bridgehead atoms. The van der Waals surface area contributed by atoms with E-state index in [1.807, 2.05) is 69.5 Å². The van der Waals surface area contributed by atoms with Crippen molar-refractivity contribution in [2.24, 2.45) is 0 Å². The van der Waals surface area contributed by atoms with Crippen LogP contribution in [-0.4, -0.2) is 26.2 Å². The van der Waals surface area contributed by atoms with E-state index < -0.39 is 11.7 Å². The first kappa shape index (κ1) is 17.9. The lowest BCUT2D eigenvalue weighted by molar-refractivity contribution is 0.0505. The normalized spacial score (nSPS) is 12.8. The largest absolute Gasteiger partial charge is 0.444 e. The van der Waals surface area contributed by atoms with Crippen molar-refractivity contribution in [1.29, 1.82) is 0 Å². The van der Waals surface area contributed by atoms with Gasteiger partial charge in [0.25, 0.3) is 0 Å². The van der Waals surface area contributed by atoms with E-state index in [0.29, 0.717) is 5.82 Å². The molecule has 2 heterocycles. The van der Waals surface area contributed by atoms with Gasteiger partial charge in [-0.15, -0.1) is 0 Å². The molecule has 0 spiro atoms. The molecule has 6 heteroatoms. The molecule has 1 unspecified atom stereocenters. The van der Waals surface area contributed by atoms with Gasteiger partial charge in [-0.05, 0) is 64.4 Å². The van der Waals surface area contributed by atoms with Crippen molar-refractivity contribution in [3.05, 3.63) is 54.0 Å². The maximum absolute atomic E-state index is 12.2. The molecule has 0 saturated carbocycles. The number of aromatic nitrogens is 3. The summed E-state index contributed by atoms with van der Waals surface area (Å²) in [5.41, 5.74) is 3.08. The number of rotatable bonds is 3. The Hall–Kier alpha value is -2.89. The number of amides is 1. The van der Waals surface area contributed by atoms with E-state index in [-0.39, 0.29) is 6.04 Å². The summed E-state index contributed by atoms with van der Waals surface area (Å²) in [4.78, 5) is 21.4. The predicted octanol–water partition coefficient (Wildman–Crippen LogP) is 4.31. The molecule has 6 nitrogen and oxygen atoms in total. The van der Waals surface area contributed by atoms with Crippen LogP contribution < -0.4 is 5.32 Å². The molecule has 1 atom stereocenters. The van der Waals surface area contributed by atoms with E-state index in [0.717, 1.165) is 22.4 Å². The summed E-state index contributed by atoms with van der Waals surface area (Å²) < 4.78 is 7.34. The number of ether oxygens (including phenoxy) is 1. The van der Waals surface area contributed by atoms with Crippen LogP contribution in [0.2, 0.25) is 0 Å². The maximum atomic E-state index is 12.2. The van der Waals surface area contributed by atoms with Crippen LogP contribution >= 0.6 is 0 Å². The van der Waals surface area contributed by atoms with E-state index in [4.69, 9.17) is 9.72 Å². The molecule has 1 amide bonds. The second-order valence-electron chi connectivity index (χ2n) is 7.36. The molecular weight excluding hydrogens is 328 g/mol. The molecule has 136 valence electrons. The standard InChI is InChI=1S/C20H24N4O2/c1-13-8-6-9-15(12-13)24-17(23-16-10-7-11-21-18(16)24)14(2)22-19(25)26-20(3,4)5/h6-12,14H,1-5H3,(H,22,25). The van der Waals surface area contributed by atoms with Crippen molar-refractivity contribution in [2.45, 2.75) is 46.3 Å². The van der Waals surface area contributed by atoms with E-state index >= 15 is 0 Å². The van der Waals surface area contributed by atoms with Gasteiger partial charge in [-0.3, -0.25) is 4.57 Å². The molecule has 2 aromatic heterocycles. The predicted molar refractivity (Wildman–Crippen MR) is 101 cm³/mol. The number of hydrogen-bond acceptors (Lipinski definition) is 4. The Bertz CT molecular complexity index is 940. The summed E-state index contributed by atoms with van der Waals surface area (Å²) in [5, 5.41) is 2.87. The first-order valence-electron chi connectivity index (χ1n) is 8.64. The van der Waals surface area contributed by atoms with Gasteiger partial charge in [-0.25, -0.2) is 14.8 Å². The maximum Gasteiger partial charge on any atom is 0.408 e. The molecule has 0 saturated heterocycles. The average molecular weight is 352 g/mol. The highest BCUT2D eigenvalue weighted by atomic mass is 16.6. The zero-order valence-electron chi connectivity index (χ0n) is 15.8. The number of pyridine rings is 1. The molecule has 0 aliphatic carbocycles. The molecule has 0 fully saturated rings. The molecule has 0 aliphatic heterocycles. The van der Waals surface area contributed by atoms with E-state index in [2.05, 4.69) is 16.4 Å². The molecule has 1 aromatic carbocycles. The van der Waals surface area contributed by atoms with Crippen molar-refractivity contribution < 1.29 is 9.53 Å². The molecular formula is C20H24N4O2. The van der Waals surface area contributed by atoms with Crippen molar-refractivity contribution in [1.82, 2.24) is 19.9 Å². The number of fused-ring (bicyclic) bond motifs is 1. The van der Waals surface area contributed by atoms with Crippen molar-refractivity contribution in [3.63, 3.8) is 0 Å². The third kappa shape index (κ3) is 3.85. The lowest BCUT2D eigenvalue weighted by atomic mass is 10.2. The highest BCUT2D eigenvalue weighted by molar-refractivity contribution is 5.74. The SMILES string of the molecule is Cc1cccc(-n2c(C(C)NC(=O)OC(C)(C)C)nc3cccnc32)c1. The Labute approximate surface area is 153 Å². The van der Waals surface area contributed by atoms with Gasteiger partial charge in [0.2, 0.25) is 0 Å². The van der Waals surface area contributed by atoms with Gasteiger partial charge in [-0.2, -0.15) is 0 Å². The molecule has 3 rings (SSSR count). The average Bonchev–Trinajstić information content (AvgIpc) is 2.92. The summed E-state index contributed by atoms with van der Waals surface area (Å²) in [7, 11) is 0. The van der Waals surface area contributed by atoms with Crippen LogP contribution in [0, 0.1) is 6.92 Å². The van der Waals surface area contributed by atoms with Crippen LogP contribution in [0.1, 0.15) is 45.1 Å². The molecule has 0 radical (unpaired) electrons. The molecule has 3 aromatic rings. The summed E-state index contributed by atoms with van der Waals surface area (Å²) in [5.74, 6) is 0.704. The number of carbonyl (C=O) groups excluding carboxylic acids is 1. The van der Waals surface area contributed by atoms with Gasteiger partial charge in [0, 0.05) is 11.9 Å². The fourth-order valence-electron chi connectivity index (χ4n) is 2.79. The minimum atomic E-state index is -0.554. The molecule has 26 heavy (non-hydrogen) atoms. The first-order valence-corrected chi connectivity index (χ1v) is 8.64. The number of hydrogen-bond donors (Lipinski definition) is 1. The Kier molecular flexibility index (Phi) is 4.68. The second kappa shape index (κ2) is 6.78. The smallest absolute Gasteiger partial charge is 0.408 e. The van der Waals surface area contributed by atoms with E-state index in [1.54, 1.807) is 6.20 Å². The number of aryl methyl sites for hydroxylation is 1. The number of nitrogens with one attached hydrogen (secondary N) is 1. The van der Waals surface area contributed by atoms with Crippen LogP contribution in [0.15, 0.2) is 42.6 Å². The highest BCUT2D eigenvalue weighted by Crippen LogP contribution is 2.24. The molecule has 0 aliphatic rings. The van der Waals surface area contributed by atoms with Gasteiger partial charge in [0.05, 0.1) is 6.04 Å². The van der Waals surface area contributed by atoms with Crippen LogP contribution in [0.4, 0.5) is 4.79 Å². The van der Waals surface area contributed by atoms with Gasteiger partial charge in [0.15, 0.2) is 5.65 Å². The highest BCUT2D eigenvalue weighted by Gasteiger charge is 2.23. The van der Waals surface area contributed by atoms with Crippen molar-refractivity contribution in [2.75, 3.05) is 0 Å². The Balaban J connectivity index is 2.03. The monoisotopic (exact) mass is 352 g/mol. The number of carbonyl (C=O) groups is 1. The fourth-order valence-corrected chi connectivity index (χ4v) is 2.79. The van der Waals surface area contributed by atoms with E-state index in [1.165, 1.54) is 0 Å². The lowest BCUT2D eigenvalue weighted by Crippen LogP contribution is -2.34. The second-order valence-corrected chi connectivity index (χ2v) is 7.36. The third-order valence-corrected chi connectivity index (χ3v) is 3.82. The van der Waals surface area contributed by atoms with Gasteiger partial charge in [-0.1, -0.05) is 12.1 Å². The minimum absolute atomic E-state index is 0.348. The topological polar surface area (TPSA) is 69.0 Å². The summed E-state index contributed by atoms with van der Waals surface area (Å²) in [6.45, 7) is 9.44. The van der Waals surface area contributed by atoms with Crippen LogP contribution in [0.25, 0.3) is 16.9 Å². The van der Waals surface area contributed by atoms with Gasteiger partial charge >= 0.3 is 6.09 Å². The van der Waals surface area contributed by atoms with E-state index in [9.17, 15) is 4.79 Å². The van der Waals surface area contributed by atoms with Crippen LogP contribution in [0.5, 0.6) is 0 Å². The number of nitrogens with zero attached hydrogens (tertiary/aromatic N) is 3. The van der Waals surface area contributed by atoms with Crippen molar-refractivity contribution in [3.8, 4) is 5.69 Å².